The molecule has 0 heterocycles. The zero-order chi connectivity index (χ0) is 9.90. The molecule has 0 unspecified atom stereocenters. The standard InChI is InChI=1S/C11H19NSi/c1-11(2,3)9-7-5-6-8-10(9)13-12-4/h5-8,12H,13H2,1-4H3. The molecular formula is C11H19NSi. The van der Waals surface area contributed by atoms with E-state index >= 15 is 0 Å². The Morgan fingerprint density at radius 1 is 1.15 bits per heavy atom. The molecule has 1 nitrogen and oxygen atoms in total. The summed E-state index contributed by atoms with van der Waals surface area (Å²) in [5.74, 6) is 0. The van der Waals surface area contributed by atoms with Crippen LogP contribution in [0.3, 0.4) is 0 Å². The van der Waals surface area contributed by atoms with Crippen LogP contribution in [0.1, 0.15) is 26.3 Å². The van der Waals surface area contributed by atoms with Gasteiger partial charge in [0.25, 0.3) is 0 Å². The highest BCUT2D eigenvalue weighted by atomic mass is 28.2. The van der Waals surface area contributed by atoms with Crippen molar-refractivity contribution in [1.29, 1.82) is 0 Å². The fraction of sp³-hybridized carbons (Fsp3) is 0.455. The number of hydrogen-bond acceptors (Lipinski definition) is 1. The van der Waals surface area contributed by atoms with Crippen molar-refractivity contribution >= 4 is 14.9 Å². The molecule has 1 N–H and O–H groups in total. The van der Waals surface area contributed by atoms with Gasteiger partial charge >= 0.3 is 0 Å². The minimum Gasteiger partial charge on any atom is -0.341 e. The molecule has 0 amide bonds. The fourth-order valence-corrected chi connectivity index (χ4v) is 3.07. The quantitative estimate of drug-likeness (QED) is 0.689. The van der Waals surface area contributed by atoms with Gasteiger partial charge in [0.1, 0.15) is 9.68 Å². The Labute approximate surface area is 83.5 Å². The Balaban J connectivity index is 3.05. The van der Waals surface area contributed by atoms with Crippen LogP contribution in [0.2, 0.25) is 0 Å². The Kier molecular flexibility index (Phi) is 3.28. The lowest BCUT2D eigenvalue weighted by Gasteiger charge is -2.22. The molecule has 0 saturated carbocycles. The van der Waals surface area contributed by atoms with Crippen molar-refractivity contribution in [2.24, 2.45) is 0 Å². The first-order chi connectivity index (χ1) is 6.05. The summed E-state index contributed by atoms with van der Waals surface area (Å²) in [6.07, 6.45) is 0. The lowest BCUT2D eigenvalue weighted by Crippen LogP contribution is -2.34. The van der Waals surface area contributed by atoms with Gasteiger partial charge in [-0.3, -0.25) is 0 Å². The first-order valence-corrected chi connectivity index (χ1v) is 6.20. The largest absolute Gasteiger partial charge is 0.341 e. The number of hydrogen-bond donors (Lipinski definition) is 1. The van der Waals surface area contributed by atoms with Gasteiger partial charge in [-0.25, -0.2) is 0 Å². The van der Waals surface area contributed by atoms with Crippen LogP contribution in [0.4, 0.5) is 0 Å². The van der Waals surface area contributed by atoms with E-state index in [9.17, 15) is 0 Å². The molecule has 1 aromatic carbocycles. The van der Waals surface area contributed by atoms with E-state index in [1.807, 2.05) is 7.05 Å². The minimum absolute atomic E-state index is 0.260. The normalized spacial score (nSPS) is 12.6. The van der Waals surface area contributed by atoms with E-state index in [2.05, 4.69) is 50.0 Å². The van der Waals surface area contributed by atoms with Crippen LogP contribution in [0.25, 0.3) is 0 Å². The average molecular weight is 193 g/mol. The van der Waals surface area contributed by atoms with Crippen molar-refractivity contribution in [2.75, 3.05) is 7.05 Å². The zero-order valence-corrected chi connectivity index (χ0v) is 10.4. The van der Waals surface area contributed by atoms with Crippen LogP contribution in [0.15, 0.2) is 24.3 Å². The molecule has 0 saturated heterocycles. The number of benzene rings is 1. The van der Waals surface area contributed by atoms with Gasteiger partial charge in [0.05, 0.1) is 0 Å². The maximum atomic E-state index is 3.34. The molecule has 72 valence electrons. The van der Waals surface area contributed by atoms with E-state index in [4.69, 9.17) is 0 Å². The molecule has 1 aromatic rings. The van der Waals surface area contributed by atoms with E-state index in [0.29, 0.717) is 0 Å². The fourth-order valence-electron chi connectivity index (χ4n) is 1.60. The molecule has 0 aliphatic rings. The molecule has 2 heteroatoms. The van der Waals surface area contributed by atoms with E-state index in [1.54, 1.807) is 0 Å². The zero-order valence-electron chi connectivity index (χ0n) is 9.02. The Hall–Kier alpha value is -0.603. The molecule has 0 aliphatic heterocycles. The average Bonchev–Trinajstić information content (AvgIpc) is 2.04. The molecule has 0 aromatic heterocycles. The van der Waals surface area contributed by atoms with Crippen molar-refractivity contribution in [2.45, 2.75) is 26.2 Å². The van der Waals surface area contributed by atoms with Crippen molar-refractivity contribution in [1.82, 2.24) is 4.98 Å². The van der Waals surface area contributed by atoms with Crippen LogP contribution >= 0.6 is 0 Å². The summed E-state index contributed by atoms with van der Waals surface area (Å²) in [6.45, 7) is 6.82. The molecule has 1 rings (SSSR count). The van der Waals surface area contributed by atoms with Crippen molar-refractivity contribution in [3.05, 3.63) is 29.8 Å². The van der Waals surface area contributed by atoms with E-state index in [0.717, 1.165) is 0 Å². The van der Waals surface area contributed by atoms with Crippen LogP contribution in [0.5, 0.6) is 0 Å². The summed E-state index contributed by atoms with van der Waals surface area (Å²) in [5, 5.41) is 1.54. The third-order valence-electron chi connectivity index (χ3n) is 2.19. The molecule has 0 atom stereocenters. The van der Waals surface area contributed by atoms with Gasteiger partial charge in [-0.05, 0) is 23.2 Å². The maximum absolute atomic E-state index is 3.34. The third kappa shape index (κ3) is 2.67. The van der Waals surface area contributed by atoms with E-state index in [1.165, 1.54) is 10.8 Å². The first-order valence-electron chi connectivity index (χ1n) is 4.78. The highest BCUT2D eigenvalue weighted by Gasteiger charge is 2.16. The predicted octanol–water partition coefficient (Wildman–Crippen LogP) is 0.913. The monoisotopic (exact) mass is 193 g/mol. The highest BCUT2D eigenvalue weighted by Crippen LogP contribution is 2.19. The SMILES string of the molecule is CN[SiH2]c1ccccc1C(C)(C)C. The van der Waals surface area contributed by atoms with Crippen LogP contribution in [-0.4, -0.2) is 16.7 Å². The second-order valence-corrected chi connectivity index (χ2v) is 6.26. The minimum atomic E-state index is -0.260. The van der Waals surface area contributed by atoms with Crippen LogP contribution in [-0.2, 0) is 5.41 Å². The van der Waals surface area contributed by atoms with Gasteiger partial charge in [-0.15, -0.1) is 0 Å². The topological polar surface area (TPSA) is 12.0 Å². The summed E-state index contributed by atoms with van der Waals surface area (Å²) >= 11 is 0. The summed E-state index contributed by atoms with van der Waals surface area (Å²) in [7, 11) is 1.79. The van der Waals surface area contributed by atoms with Gasteiger partial charge in [0.15, 0.2) is 0 Å². The molecule has 13 heavy (non-hydrogen) atoms. The number of nitrogens with one attached hydrogen (secondary N) is 1. The molecule has 0 radical (unpaired) electrons. The predicted molar refractivity (Wildman–Crippen MR) is 62.4 cm³/mol. The van der Waals surface area contributed by atoms with Gasteiger partial charge < -0.3 is 4.98 Å². The van der Waals surface area contributed by atoms with Crippen molar-refractivity contribution in [3.63, 3.8) is 0 Å². The second-order valence-electron chi connectivity index (χ2n) is 4.44. The summed E-state index contributed by atoms with van der Waals surface area (Å²) in [6, 6.07) is 8.77. The van der Waals surface area contributed by atoms with E-state index in [-0.39, 0.29) is 15.1 Å². The van der Waals surface area contributed by atoms with Gasteiger partial charge in [-0.2, -0.15) is 0 Å². The smallest absolute Gasteiger partial charge is 0.124 e. The van der Waals surface area contributed by atoms with Gasteiger partial charge in [0, 0.05) is 0 Å². The van der Waals surface area contributed by atoms with Crippen molar-refractivity contribution in [3.8, 4) is 0 Å². The summed E-state index contributed by atoms with van der Waals surface area (Å²) in [5.41, 5.74) is 1.77. The van der Waals surface area contributed by atoms with Gasteiger partial charge in [-0.1, -0.05) is 45.0 Å². The second kappa shape index (κ2) is 4.07. The van der Waals surface area contributed by atoms with Crippen LogP contribution < -0.4 is 10.2 Å². The maximum Gasteiger partial charge on any atom is 0.124 e. The molecular weight excluding hydrogens is 174 g/mol. The Morgan fingerprint density at radius 3 is 2.31 bits per heavy atom. The molecule has 0 bridgehead atoms. The molecule has 0 aliphatic carbocycles. The lowest BCUT2D eigenvalue weighted by atomic mass is 9.87. The van der Waals surface area contributed by atoms with E-state index < -0.39 is 0 Å². The Morgan fingerprint density at radius 2 is 1.77 bits per heavy atom. The van der Waals surface area contributed by atoms with Gasteiger partial charge in [0.2, 0.25) is 0 Å². The first kappa shape index (κ1) is 10.5. The molecule has 0 fully saturated rings. The summed E-state index contributed by atoms with van der Waals surface area (Å²) in [4.78, 5) is 3.34. The molecule has 0 spiro atoms. The van der Waals surface area contributed by atoms with Crippen molar-refractivity contribution < 1.29 is 0 Å². The van der Waals surface area contributed by atoms with Crippen LogP contribution in [0, 0.1) is 0 Å². The Bertz CT molecular complexity index is 276. The highest BCUT2D eigenvalue weighted by molar-refractivity contribution is 6.51. The third-order valence-corrected chi connectivity index (χ3v) is 3.54. The number of rotatable bonds is 2. The summed E-state index contributed by atoms with van der Waals surface area (Å²) < 4.78 is 0. The lowest BCUT2D eigenvalue weighted by molar-refractivity contribution is 0.594.